The summed E-state index contributed by atoms with van der Waals surface area (Å²) < 4.78 is 12.2. The lowest BCUT2D eigenvalue weighted by atomic mass is 9.96. The van der Waals surface area contributed by atoms with Gasteiger partial charge in [-0.3, -0.25) is 9.59 Å². The van der Waals surface area contributed by atoms with Crippen molar-refractivity contribution in [2.45, 2.75) is 46.6 Å². The first kappa shape index (κ1) is 20.6. The lowest BCUT2D eigenvalue weighted by Crippen LogP contribution is -2.14. The van der Waals surface area contributed by atoms with Gasteiger partial charge in [-0.1, -0.05) is 6.07 Å². The number of nitrogens with zero attached hydrogens (tertiary/aromatic N) is 1. The molecule has 2 N–H and O–H groups in total. The number of primary amides is 1. The van der Waals surface area contributed by atoms with Crippen LogP contribution in [0.5, 0.6) is 5.75 Å². The zero-order chi connectivity index (χ0) is 20.3. The van der Waals surface area contributed by atoms with Crippen LogP contribution >= 0.6 is 0 Å². The molecule has 0 atom stereocenters. The number of carbonyl (C=O) groups is 2. The number of rotatable bonds is 7. The van der Waals surface area contributed by atoms with Crippen molar-refractivity contribution in [3.63, 3.8) is 0 Å². The van der Waals surface area contributed by atoms with Crippen LogP contribution in [-0.4, -0.2) is 30.7 Å². The van der Waals surface area contributed by atoms with Gasteiger partial charge in [0.1, 0.15) is 5.75 Å². The Hall–Kier alpha value is -2.76. The number of amides is 1. The van der Waals surface area contributed by atoms with Crippen molar-refractivity contribution in [2.24, 2.45) is 5.73 Å². The van der Waals surface area contributed by atoms with E-state index in [0.717, 1.165) is 33.8 Å². The van der Waals surface area contributed by atoms with E-state index in [1.807, 2.05) is 45.9 Å². The molecule has 2 rings (SSSR count). The van der Waals surface area contributed by atoms with Crippen molar-refractivity contribution in [2.75, 3.05) is 14.2 Å². The van der Waals surface area contributed by atoms with Crippen molar-refractivity contribution >= 4 is 11.9 Å². The van der Waals surface area contributed by atoms with E-state index in [2.05, 4.69) is 4.57 Å². The van der Waals surface area contributed by atoms with Gasteiger partial charge in [-0.25, -0.2) is 0 Å². The average molecular weight is 372 g/mol. The second kappa shape index (κ2) is 8.29. The fourth-order valence-corrected chi connectivity index (χ4v) is 3.68. The van der Waals surface area contributed by atoms with Crippen molar-refractivity contribution in [3.05, 3.63) is 40.7 Å². The second-order valence-electron chi connectivity index (χ2n) is 6.87. The summed E-state index contributed by atoms with van der Waals surface area (Å²) in [4.78, 5) is 24.0. The summed E-state index contributed by atoms with van der Waals surface area (Å²) in [6.07, 6.45) is 0.687. The van der Waals surface area contributed by atoms with Crippen LogP contribution in [0.1, 0.15) is 53.6 Å². The van der Waals surface area contributed by atoms with Gasteiger partial charge in [0.05, 0.1) is 26.2 Å². The van der Waals surface area contributed by atoms with E-state index in [1.54, 1.807) is 7.11 Å². The third-order valence-corrected chi connectivity index (χ3v) is 4.79. The first-order valence-corrected chi connectivity index (χ1v) is 8.98. The molecule has 0 radical (unpaired) electrons. The van der Waals surface area contributed by atoms with Crippen molar-refractivity contribution in [1.29, 1.82) is 0 Å². The number of ether oxygens (including phenoxy) is 2. The van der Waals surface area contributed by atoms with Crippen LogP contribution in [0.25, 0.3) is 11.1 Å². The number of carbonyl (C=O) groups excluding carboxylic acids is 2. The molecule has 0 saturated carbocycles. The summed E-state index contributed by atoms with van der Waals surface area (Å²) in [5.41, 5.74) is 10.6. The highest BCUT2D eigenvalue weighted by atomic mass is 16.5. The Morgan fingerprint density at radius 2 is 1.85 bits per heavy atom. The molecule has 6 heteroatoms. The van der Waals surface area contributed by atoms with E-state index in [4.69, 9.17) is 15.2 Å². The Morgan fingerprint density at radius 3 is 2.33 bits per heavy atom. The minimum Gasteiger partial charge on any atom is -0.496 e. The molecular formula is C21H28N2O4. The number of benzene rings is 1. The Balaban J connectivity index is 2.75. The Kier molecular flexibility index (Phi) is 6.31. The summed E-state index contributed by atoms with van der Waals surface area (Å²) in [6, 6.07) is 5.89. The molecule has 146 valence electrons. The molecule has 0 saturated heterocycles. The number of methoxy groups -OCH3 is 2. The number of nitrogens with two attached hydrogens (primary N) is 1. The molecule has 0 spiro atoms. The summed E-state index contributed by atoms with van der Waals surface area (Å²) in [7, 11) is 3.00. The highest BCUT2D eigenvalue weighted by Crippen LogP contribution is 2.37. The zero-order valence-corrected chi connectivity index (χ0v) is 16.9. The molecule has 27 heavy (non-hydrogen) atoms. The molecule has 1 aromatic heterocycles. The topological polar surface area (TPSA) is 83.6 Å². The summed E-state index contributed by atoms with van der Waals surface area (Å²) in [6.45, 7) is 7.93. The number of aromatic nitrogens is 1. The van der Waals surface area contributed by atoms with Crippen LogP contribution in [-0.2, 0) is 16.0 Å². The minimum absolute atomic E-state index is 0.115. The molecule has 1 amide bonds. The Morgan fingerprint density at radius 1 is 1.19 bits per heavy atom. The molecule has 0 aliphatic heterocycles. The predicted molar refractivity (Wildman–Crippen MR) is 105 cm³/mol. The first-order chi connectivity index (χ1) is 12.7. The highest BCUT2D eigenvalue weighted by Gasteiger charge is 2.26. The SMILES string of the molecule is COC(=O)CCc1c(-c2ccc(OC)c(C)c2)c(C(N)=O)c(C)n1C(C)C. The quantitative estimate of drug-likeness (QED) is 0.753. The smallest absolute Gasteiger partial charge is 0.305 e. The lowest BCUT2D eigenvalue weighted by Gasteiger charge is -2.17. The van der Waals surface area contributed by atoms with Crippen LogP contribution in [0.15, 0.2) is 18.2 Å². The zero-order valence-electron chi connectivity index (χ0n) is 16.9. The van der Waals surface area contributed by atoms with E-state index in [-0.39, 0.29) is 18.4 Å². The standard InChI is InChI=1S/C21H28N2O4/c1-12(2)23-14(4)19(21(22)25)20(16(23)8-10-18(24)27-6)15-7-9-17(26-5)13(3)11-15/h7,9,11-12H,8,10H2,1-6H3,(H2,22,25). The van der Waals surface area contributed by atoms with Gasteiger partial charge in [0.2, 0.25) is 0 Å². The monoisotopic (exact) mass is 372 g/mol. The predicted octanol–water partition coefficient (Wildman–Crippen LogP) is 3.57. The molecule has 2 aromatic rings. The number of aryl methyl sites for hydroxylation is 1. The van der Waals surface area contributed by atoms with Gasteiger partial charge < -0.3 is 19.8 Å². The molecule has 0 bridgehead atoms. The largest absolute Gasteiger partial charge is 0.496 e. The van der Waals surface area contributed by atoms with E-state index >= 15 is 0 Å². The van der Waals surface area contributed by atoms with Gasteiger partial charge in [-0.15, -0.1) is 0 Å². The molecular weight excluding hydrogens is 344 g/mol. The number of esters is 1. The van der Waals surface area contributed by atoms with Gasteiger partial charge in [0, 0.05) is 23.0 Å². The molecule has 1 heterocycles. The van der Waals surface area contributed by atoms with Gasteiger partial charge in [-0.05, 0) is 57.4 Å². The molecule has 0 fully saturated rings. The van der Waals surface area contributed by atoms with Crippen molar-refractivity contribution in [3.8, 4) is 16.9 Å². The van der Waals surface area contributed by atoms with Crippen LogP contribution < -0.4 is 10.5 Å². The van der Waals surface area contributed by atoms with Crippen LogP contribution in [0.3, 0.4) is 0 Å². The van der Waals surface area contributed by atoms with E-state index in [0.29, 0.717) is 12.0 Å². The third-order valence-electron chi connectivity index (χ3n) is 4.79. The number of hydrogen-bond donors (Lipinski definition) is 1. The van der Waals surface area contributed by atoms with Crippen LogP contribution in [0.2, 0.25) is 0 Å². The third kappa shape index (κ3) is 3.99. The van der Waals surface area contributed by atoms with Gasteiger partial charge in [-0.2, -0.15) is 0 Å². The Bertz CT molecular complexity index is 866. The normalized spacial score (nSPS) is 10.9. The maximum Gasteiger partial charge on any atom is 0.305 e. The maximum atomic E-state index is 12.3. The van der Waals surface area contributed by atoms with Gasteiger partial charge >= 0.3 is 5.97 Å². The average Bonchev–Trinajstić information content (AvgIpc) is 2.91. The molecule has 1 aromatic carbocycles. The fraction of sp³-hybridized carbons (Fsp3) is 0.429. The van der Waals surface area contributed by atoms with E-state index in [9.17, 15) is 9.59 Å². The molecule has 0 aliphatic carbocycles. The molecule has 0 unspecified atom stereocenters. The fourth-order valence-electron chi connectivity index (χ4n) is 3.68. The molecule has 0 aliphatic rings. The van der Waals surface area contributed by atoms with E-state index in [1.165, 1.54) is 7.11 Å². The van der Waals surface area contributed by atoms with Gasteiger partial charge in [0.15, 0.2) is 0 Å². The molecule has 6 nitrogen and oxygen atoms in total. The summed E-state index contributed by atoms with van der Waals surface area (Å²) in [5, 5.41) is 0. The minimum atomic E-state index is -0.477. The Labute approximate surface area is 160 Å². The number of hydrogen-bond acceptors (Lipinski definition) is 4. The van der Waals surface area contributed by atoms with Gasteiger partial charge in [0.25, 0.3) is 5.91 Å². The summed E-state index contributed by atoms with van der Waals surface area (Å²) >= 11 is 0. The lowest BCUT2D eigenvalue weighted by molar-refractivity contribution is -0.140. The van der Waals surface area contributed by atoms with E-state index < -0.39 is 5.91 Å². The maximum absolute atomic E-state index is 12.3. The first-order valence-electron chi connectivity index (χ1n) is 8.98. The van der Waals surface area contributed by atoms with Crippen molar-refractivity contribution in [1.82, 2.24) is 4.57 Å². The summed E-state index contributed by atoms with van der Waals surface area (Å²) in [5.74, 6) is 0.00633. The van der Waals surface area contributed by atoms with Crippen LogP contribution in [0.4, 0.5) is 0 Å². The second-order valence-corrected chi connectivity index (χ2v) is 6.87. The van der Waals surface area contributed by atoms with Crippen LogP contribution in [0, 0.1) is 13.8 Å². The van der Waals surface area contributed by atoms with Crippen molar-refractivity contribution < 1.29 is 19.1 Å². The highest BCUT2D eigenvalue weighted by molar-refractivity contribution is 6.02.